The van der Waals surface area contributed by atoms with Crippen LogP contribution < -0.4 is 10.1 Å². The molecule has 1 aromatic rings. The largest absolute Gasteiger partial charge is 0.497 e. The van der Waals surface area contributed by atoms with Crippen molar-refractivity contribution in [1.82, 2.24) is 0 Å². The molecular formula is C10H10INO. The monoisotopic (exact) mass is 287 g/mol. The fourth-order valence-corrected chi connectivity index (χ4v) is 1.59. The van der Waals surface area contributed by atoms with Gasteiger partial charge in [-0.3, -0.25) is 0 Å². The van der Waals surface area contributed by atoms with Crippen molar-refractivity contribution < 1.29 is 4.74 Å². The summed E-state index contributed by atoms with van der Waals surface area (Å²) in [5.74, 6) is 3.38. The van der Waals surface area contributed by atoms with Crippen LogP contribution in [0.25, 0.3) is 0 Å². The predicted octanol–water partition coefficient (Wildman–Crippen LogP) is 2.34. The van der Waals surface area contributed by atoms with Crippen LogP contribution in [0.5, 0.6) is 5.75 Å². The quantitative estimate of drug-likeness (QED) is 0.680. The molecule has 0 saturated carbocycles. The Morgan fingerprint density at radius 3 is 2.92 bits per heavy atom. The summed E-state index contributed by atoms with van der Waals surface area (Å²) in [7, 11) is 1.65. The third-order valence-corrected chi connectivity index (χ3v) is 2.45. The molecule has 0 radical (unpaired) electrons. The van der Waals surface area contributed by atoms with E-state index in [9.17, 15) is 0 Å². The van der Waals surface area contributed by atoms with Crippen LogP contribution in [0.2, 0.25) is 0 Å². The Bertz CT molecular complexity index is 330. The van der Waals surface area contributed by atoms with Gasteiger partial charge in [-0.1, -0.05) is 5.92 Å². The number of methoxy groups -OCH3 is 1. The van der Waals surface area contributed by atoms with Crippen molar-refractivity contribution >= 4 is 28.3 Å². The van der Waals surface area contributed by atoms with Gasteiger partial charge in [0, 0.05) is 9.26 Å². The van der Waals surface area contributed by atoms with Gasteiger partial charge in [-0.05, 0) is 40.8 Å². The van der Waals surface area contributed by atoms with Crippen LogP contribution in [0.3, 0.4) is 0 Å². The van der Waals surface area contributed by atoms with Crippen LogP contribution in [0.4, 0.5) is 5.69 Å². The highest BCUT2D eigenvalue weighted by Gasteiger charge is 1.99. The smallest absolute Gasteiger partial charge is 0.120 e. The Balaban J connectivity index is 2.80. The lowest BCUT2D eigenvalue weighted by Gasteiger charge is -2.06. The molecule has 3 heteroatoms. The molecule has 0 unspecified atom stereocenters. The summed E-state index contributed by atoms with van der Waals surface area (Å²) in [5, 5.41) is 3.11. The van der Waals surface area contributed by atoms with E-state index >= 15 is 0 Å². The molecule has 1 N–H and O–H groups in total. The van der Waals surface area contributed by atoms with Crippen LogP contribution >= 0.6 is 22.6 Å². The fraction of sp³-hybridized carbons (Fsp3) is 0.200. The van der Waals surface area contributed by atoms with Gasteiger partial charge >= 0.3 is 0 Å². The Morgan fingerprint density at radius 1 is 1.62 bits per heavy atom. The minimum atomic E-state index is 0.544. The van der Waals surface area contributed by atoms with Crippen LogP contribution in [-0.2, 0) is 0 Å². The number of ether oxygens (including phenoxy) is 1. The average Bonchev–Trinajstić information content (AvgIpc) is 2.16. The Morgan fingerprint density at radius 2 is 2.38 bits per heavy atom. The van der Waals surface area contributed by atoms with Crippen molar-refractivity contribution in [2.45, 2.75) is 0 Å². The average molecular weight is 287 g/mol. The van der Waals surface area contributed by atoms with Crippen LogP contribution in [0.1, 0.15) is 0 Å². The van der Waals surface area contributed by atoms with E-state index in [1.54, 1.807) is 7.11 Å². The standard InChI is InChI=1S/C10H10INO/c1-3-6-12-10-5-4-8(13-2)7-9(10)11/h1,4-5,7,12H,6H2,2H3. The van der Waals surface area contributed by atoms with E-state index in [1.807, 2.05) is 18.2 Å². The molecule has 0 aliphatic rings. The molecule has 0 fully saturated rings. The molecular weight excluding hydrogens is 277 g/mol. The van der Waals surface area contributed by atoms with E-state index in [0.717, 1.165) is 15.0 Å². The molecule has 0 saturated heterocycles. The molecule has 0 spiro atoms. The molecule has 0 atom stereocenters. The van der Waals surface area contributed by atoms with E-state index in [1.165, 1.54) is 0 Å². The first-order chi connectivity index (χ1) is 6.27. The summed E-state index contributed by atoms with van der Waals surface area (Å²) in [6.45, 7) is 0.544. The number of halogens is 1. The Labute approximate surface area is 91.8 Å². The zero-order chi connectivity index (χ0) is 9.68. The molecule has 0 aliphatic heterocycles. The first-order valence-electron chi connectivity index (χ1n) is 3.79. The van der Waals surface area contributed by atoms with Crippen molar-refractivity contribution in [3.05, 3.63) is 21.8 Å². The van der Waals surface area contributed by atoms with Crippen LogP contribution in [-0.4, -0.2) is 13.7 Å². The summed E-state index contributed by atoms with van der Waals surface area (Å²) in [4.78, 5) is 0. The second kappa shape index (κ2) is 4.97. The minimum Gasteiger partial charge on any atom is -0.497 e. The molecule has 1 rings (SSSR count). The van der Waals surface area contributed by atoms with E-state index in [-0.39, 0.29) is 0 Å². The van der Waals surface area contributed by atoms with E-state index < -0.39 is 0 Å². The number of hydrogen-bond donors (Lipinski definition) is 1. The summed E-state index contributed by atoms with van der Waals surface area (Å²) >= 11 is 2.24. The number of anilines is 1. The molecule has 1 aromatic carbocycles. The predicted molar refractivity (Wildman–Crippen MR) is 63.0 cm³/mol. The maximum atomic E-state index is 5.14. The highest BCUT2D eigenvalue weighted by molar-refractivity contribution is 14.1. The van der Waals surface area contributed by atoms with E-state index in [2.05, 4.69) is 33.8 Å². The van der Waals surface area contributed by atoms with Crippen molar-refractivity contribution in [2.75, 3.05) is 19.0 Å². The molecule has 0 heterocycles. The summed E-state index contributed by atoms with van der Waals surface area (Å²) in [6.07, 6.45) is 5.14. The molecule has 0 aliphatic carbocycles. The highest BCUT2D eigenvalue weighted by Crippen LogP contribution is 2.23. The molecule has 2 nitrogen and oxygen atoms in total. The van der Waals surface area contributed by atoms with Gasteiger partial charge in [-0.2, -0.15) is 0 Å². The zero-order valence-corrected chi connectivity index (χ0v) is 9.46. The number of rotatable bonds is 3. The number of benzene rings is 1. The van der Waals surface area contributed by atoms with Gasteiger partial charge in [0.05, 0.1) is 13.7 Å². The molecule has 68 valence electrons. The number of terminal acetylenes is 1. The number of nitrogens with one attached hydrogen (secondary N) is 1. The van der Waals surface area contributed by atoms with Gasteiger partial charge in [0.2, 0.25) is 0 Å². The second-order valence-electron chi connectivity index (χ2n) is 2.40. The van der Waals surface area contributed by atoms with Gasteiger partial charge in [-0.15, -0.1) is 6.42 Å². The maximum Gasteiger partial charge on any atom is 0.120 e. The summed E-state index contributed by atoms with van der Waals surface area (Å²) in [5.41, 5.74) is 1.04. The van der Waals surface area contributed by atoms with Crippen molar-refractivity contribution in [2.24, 2.45) is 0 Å². The van der Waals surface area contributed by atoms with Gasteiger partial charge in [0.15, 0.2) is 0 Å². The third-order valence-electron chi connectivity index (χ3n) is 1.56. The third kappa shape index (κ3) is 2.81. The van der Waals surface area contributed by atoms with Crippen LogP contribution in [0.15, 0.2) is 18.2 Å². The first-order valence-corrected chi connectivity index (χ1v) is 4.86. The van der Waals surface area contributed by atoms with Crippen molar-refractivity contribution in [3.8, 4) is 18.1 Å². The SMILES string of the molecule is C#CCNc1ccc(OC)cc1I. The lowest BCUT2D eigenvalue weighted by molar-refractivity contribution is 0.414. The second-order valence-corrected chi connectivity index (χ2v) is 3.57. The number of hydrogen-bond acceptors (Lipinski definition) is 2. The van der Waals surface area contributed by atoms with Gasteiger partial charge in [0.1, 0.15) is 5.75 Å². The summed E-state index contributed by atoms with van der Waals surface area (Å²) in [6, 6.07) is 5.82. The van der Waals surface area contributed by atoms with Crippen molar-refractivity contribution in [1.29, 1.82) is 0 Å². The minimum absolute atomic E-state index is 0.544. The molecule has 0 bridgehead atoms. The zero-order valence-electron chi connectivity index (χ0n) is 7.30. The van der Waals surface area contributed by atoms with Crippen LogP contribution in [0, 0.1) is 15.9 Å². The normalized spacial score (nSPS) is 9.00. The fourth-order valence-electron chi connectivity index (χ4n) is 0.912. The van der Waals surface area contributed by atoms with Gasteiger partial charge in [-0.25, -0.2) is 0 Å². The lowest BCUT2D eigenvalue weighted by Crippen LogP contribution is -2.00. The van der Waals surface area contributed by atoms with Gasteiger partial charge in [0.25, 0.3) is 0 Å². The van der Waals surface area contributed by atoms with Gasteiger partial charge < -0.3 is 10.1 Å². The molecule has 0 aromatic heterocycles. The van der Waals surface area contributed by atoms with E-state index in [0.29, 0.717) is 6.54 Å². The highest BCUT2D eigenvalue weighted by atomic mass is 127. The first kappa shape index (κ1) is 10.2. The maximum absolute atomic E-state index is 5.14. The Kier molecular flexibility index (Phi) is 3.90. The Hall–Kier alpha value is -0.890. The molecule has 0 amide bonds. The topological polar surface area (TPSA) is 21.3 Å². The van der Waals surface area contributed by atoms with E-state index in [4.69, 9.17) is 11.2 Å². The van der Waals surface area contributed by atoms with Crippen molar-refractivity contribution in [3.63, 3.8) is 0 Å². The summed E-state index contributed by atoms with van der Waals surface area (Å²) < 4.78 is 6.19. The molecule has 13 heavy (non-hydrogen) atoms. The lowest BCUT2D eigenvalue weighted by atomic mass is 10.3.